The van der Waals surface area contributed by atoms with Crippen molar-refractivity contribution in [2.24, 2.45) is 0 Å². The summed E-state index contributed by atoms with van der Waals surface area (Å²) >= 11 is 1.41. The van der Waals surface area contributed by atoms with E-state index in [1.54, 1.807) is 24.4 Å². The lowest BCUT2D eigenvalue weighted by atomic mass is 10.1. The average Bonchev–Trinajstić information content (AvgIpc) is 3.12. The van der Waals surface area contributed by atoms with E-state index in [9.17, 15) is 9.18 Å². The summed E-state index contributed by atoms with van der Waals surface area (Å²) in [6.07, 6.45) is 0. The molecule has 0 aliphatic heterocycles. The Hall–Kier alpha value is -2.73. The standard InChI is InChI=1S/C19H17FN2O2S/c1-12(14-8-9-17(24-2)15(20)10-14)21-18(23)16-11-25-19(22-16)13-6-4-3-5-7-13/h3-12H,1-2H3,(H,21,23). The highest BCUT2D eigenvalue weighted by atomic mass is 32.1. The molecule has 0 saturated carbocycles. The number of halogens is 1. The van der Waals surface area contributed by atoms with Crippen LogP contribution in [0.3, 0.4) is 0 Å². The molecule has 1 unspecified atom stereocenters. The fraction of sp³-hybridized carbons (Fsp3) is 0.158. The molecule has 1 atom stereocenters. The Balaban J connectivity index is 1.72. The Morgan fingerprint density at radius 2 is 2.00 bits per heavy atom. The molecule has 25 heavy (non-hydrogen) atoms. The normalized spacial score (nSPS) is 11.8. The number of carbonyl (C=O) groups is 1. The zero-order valence-electron chi connectivity index (χ0n) is 13.8. The van der Waals surface area contributed by atoms with Gasteiger partial charge in [-0.2, -0.15) is 0 Å². The molecule has 6 heteroatoms. The van der Waals surface area contributed by atoms with E-state index >= 15 is 0 Å². The Labute approximate surface area is 149 Å². The van der Waals surface area contributed by atoms with Gasteiger partial charge in [0.15, 0.2) is 11.6 Å². The van der Waals surface area contributed by atoms with Gasteiger partial charge in [0.05, 0.1) is 13.2 Å². The van der Waals surface area contributed by atoms with Gasteiger partial charge in [0.1, 0.15) is 10.7 Å². The fourth-order valence-corrected chi connectivity index (χ4v) is 3.20. The fourth-order valence-electron chi connectivity index (χ4n) is 2.40. The van der Waals surface area contributed by atoms with Crippen LogP contribution in [0.5, 0.6) is 5.75 Å². The zero-order chi connectivity index (χ0) is 17.8. The molecule has 0 spiro atoms. The third-order valence-electron chi connectivity index (χ3n) is 3.78. The van der Waals surface area contributed by atoms with Crippen LogP contribution < -0.4 is 10.1 Å². The minimum absolute atomic E-state index is 0.175. The van der Waals surface area contributed by atoms with Gasteiger partial charge in [0.2, 0.25) is 0 Å². The monoisotopic (exact) mass is 356 g/mol. The first-order valence-electron chi connectivity index (χ1n) is 7.73. The number of hydrogen-bond acceptors (Lipinski definition) is 4. The van der Waals surface area contributed by atoms with Crippen molar-refractivity contribution in [1.82, 2.24) is 10.3 Å². The van der Waals surface area contributed by atoms with E-state index in [-0.39, 0.29) is 17.7 Å². The summed E-state index contributed by atoms with van der Waals surface area (Å²) in [5.41, 5.74) is 1.98. The van der Waals surface area contributed by atoms with Gasteiger partial charge in [0.25, 0.3) is 5.91 Å². The summed E-state index contributed by atoms with van der Waals surface area (Å²) in [5.74, 6) is -0.572. The van der Waals surface area contributed by atoms with Crippen LogP contribution >= 0.6 is 11.3 Å². The molecule has 128 valence electrons. The summed E-state index contributed by atoms with van der Waals surface area (Å²) in [5, 5.41) is 5.35. The first kappa shape index (κ1) is 17.1. The number of hydrogen-bond donors (Lipinski definition) is 1. The average molecular weight is 356 g/mol. The molecule has 4 nitrogen and oxygen atoms in total. The molecule has 2 aromatic carbocycles. The van der Waals surface area contributed by atoms with Gasteiger partial charge >= 0.3 is 0 Å². The number of aromatic nitrogens is 1. The van der Waals surface area contributed by atoms with Crippen LogP contribution in [0.15, 0.2) is 53.9 Å². The van der Waals surface area contributed by atoms with Crippen molar-refractivity contribution in [3.8, 4) is 16.3 Å². The van der Waals surface area contributed by atoms with Crippen LogP contribution in [0.4, 0.5) is 4.39 Å². The summed E-state index contributed by atoms with van der Waals surface area (Å²) in [6.45, 7) is 1.80. The first-order valence-corrected chi connectivity index (χ1v) is 8.61. The topological polar surface area (TPSA) is 51.2 Å². The Morgan fingerprint density at radius 3 is 2.68 bits per heavy atom. The maximum Gasteiger partial charge on any atom is 0.271 e. The predicted octanol–water partition coefficient (Wildman–Crippen LogP) is 4.45. The number of nitrogens with one attached hydrogen (secondary N) is 1. The highest BCUT2D eigenvalue weighted by Gasteiger charge is 2.16. The van der Waals surface area contributed by atoms with E-state index in [1.807, 2.05) is 30.3 Å². The van der Waals surface area contributed by atoms with Crippen LogP contribution in [0.25, 0.3) is 10.6 Å². The molecule has 0 saturated heterocycles. The van der Waals surface area contributed by atoms with Gasteiger partial charge < -0.3 is 10.1 Å². The smallest absolute Gasteiger partial charge is 0.271 e. The number of carbonyl (C=O) groups excluding carboxylic acids is 1. The van der Waals surface area contributed by atoms with Crippen LogP contribution in [0, 0.1) is 5.82 Å². The zero-order valence-corrected chi connectivity index (χ0v) is 14.6. The Bertz CT molecular complexity index is 880. The highest BCUT2D eigenvalue weighted by molar-refractivity contribution is 7.13. The van der Waals surface area contributed by atoms with Crippen molar-refractivity contribution in [2.75, 3.05) is 7.11 Å². The molecule has 1 N–H and O–H groups in total. The van der Waals surface area contributed by atoms with Crippen LogP contribution in [0.1, 0.15) is 29.0 Å². The second-order valence-electron chi connectivity index (χ2n) is 5.49. The second-order valence-corrected chi connectivity index (χ2v) is 6.35. The lowest BCUT2D eigenvalue weighted by Gasteiger charge is -2.14. The molecular formula is C19H17FN2O2S. The summed E-state index contributed by atoms with van der Waals surface area (Å²) < 4.78 is 18.7. The highest BCUT2D eigenvalue weighted by Crippen LogP contribution is 2.24. The van der Waals surface area contributed by atoms with Crippen molar-refractivity contribution in [3.05, 3.63) is 71.0 Å². The van der Waals surface area contributed by atoms with E-state index in [2.05, 4.69) is 10.3 Å². The van der Waals surface area contributed by atoms with Crippen molar-refractivity contribution >= 4 is 17.2 Å². The number of ether oxygens (including phenoxy) is 1. The van der Waals surface area contributed by atoms with Crippen molar-refractivity contribution in [3.63, 3.8) is 0 Å². The molecule has 0 fully saturated rings. The van der Waals surface area contributed by atoms with Gasteiger partial charge in [0, 0.05) is 10.9 Å². The van der Waals surface area contributed by atoms with Gasteiger partial charge in [-0.05, 0) is 24.6 Å². The van der Waals surface area contributed by atoms with Gasteiger partial charge in [-0.15, -0.1) is 11.3 Å². The quantitative estimate of drug-likeness (QED) is 0.735. The summed E-state index contributed by atoms with van der Waals surface area (Å²) in [4.78, 5) is 16.8. The lowest BCUT2D eigenvalue weighted by Crippen LogP contribution is -2.27. The number of benzene rings is 2. The third kappa shape index (κ3) is 3.85. The summed E-state index contributed by atoms with van der Waals surface area (Å²) in [7, 11) is 1.41. The molecular weight excluding hydrogens is 339 g/mol. The third-order valence-corrected chi connectivity index (χ3v) is 4.67. The molecule has 0 aliphatic rings. The van der Waals surface area contributed by atoms with E-state index in [0.29, 0.717) is 11.3 Å². The number of rotatable bonds is 5. The maximum absolute atomic E-state index is 13.8. The van der Waals surface area contributed by atoms with Crippen molar-refractivity contribution in [1.29, 1.82) is 0 Å². The van der Waals surface area contributed by atoms with Crippen LogP contribution in [-0.2, 0) is 0 Å². The maximum atomic E-state index is 13.8. The van der Waals surface area contributed by atoms with Gasteiger partial charge in [-0.25, -0.2) is 9.37 Å². The van der Waals surface area contributed by atoms with Gasteiger partial charge in [-0.3, -0.25) is 4.79 Å². The van der Waals surface area contributed by atoms with E-state index in [0.717, 1.165) is 10.6 Å². The molecule has 0 bridgehead atoms. The first-order chi connectivity index (χ1) is 12.1. The minimum Gasteiger partial charge on any atom is -0.494 e. The number of amides is 1. The molecule has 1 amide bonds. The van der Waals surface area contributed by atoms with Gasteiger partial charge in [-0.1, -0.05) is 36.4 Å². The molecule has 3 aromatic rings. The van der Waals surface area contributed by atoms with Crippen LogP contribution in [-0.4, -0.2) is 18.0 Å². The predicted molar refractivity (Wildman–Crippen MR) is 96.4 cm³/mol. The number of thiazole rings is 1. The largest absolute Gasteiger partial charge is 0.494 e. The van der Waals surface area contributed by atoms with E-state index < -0.39 is 5.82 Å². The number of nitrogens with zero attached hydrogens (tertiary/aromatic N) is 1. The molecule has 0 aliphatic carbocycles. The van der Waals surface area contributed by atoms with E-state index in [4.69, 9.17) is 4.74 Å². The molecule has 1 heterocycles. The van der Waals surface area contributed by atoms with Crippen molar-refractivity contribution < 1.29 is 13.9 Å². The SMILES string of the molecule is COc1ccc(C(C)NC(=O)c2csc(-c3ccccc3)n2)cc1F. The Kier molecular flexibility index (Phi) is 5.09. The van der Waals surface area contributed by atoms with E-state index in [1.165, 1.54) is 24.5 Å². The molecule has 0 radical (unpaired) electrons. The second kappa shape index (κ2) is 7.44. The lowest BCUT2D eigenvalue weighted by molar-refractivity contribution is 0.0935. The summed E-state index contributed by atoms with van der Waals surface area (Å²) in [6, 6.07) is 14.0. The molecule has 1 aromatic heterocycles. The van der Waals surface area contributed by atoms with Crippen molar-refractivity contribution in [2.45, 2.75) is 13.0 Å². The van der Waals surface area contributed by atoms with Crippen LogP contribution in [0.2, 0.25) is 0 Å². The minimum atomic E-state index is -0.457. The Morgan fingerprint density at radius 1 is 1.24 bits per heavy atom. The molecule has 3 rings (SSSR count). The number of methoxy groups -OCH3 is 1.